The molecule has 0 unspecified atom stereocenters. The van der Waals surface area contributed by atoms with Crippen molar-refractivity contribution in [2.45, 2.75) is 12.8 Å². The Kier molecular flexibility index (Phi) is 6.56. The first kappa shape index (κ1) is 22.9. The number of fused-ring (bicyclic) bond motifs is 1. The molecule has 170 valence electrons. The number of hydrogen-bond donors (Lipinski definition) is 1. The van der Waals surface area contributed by atoms with E-state index < -0.39 is 17.1 Å². The molecule has 4 rings (SSSR count). The third-order valence-electron chi connectivity index (χ3n) is 4.66. The van der Waals surface area contributed by atoms with Crippen molar-refractivity contribution in [3.05, 3.63) is 88.4 Å². The van der Waals surface area contributed by atoms with E-state index in [0.29, 0.717) is 17.9 Å². The zero-order valence-corrected chi connectivity index (χ0v) is 18.2. The lowest BCUT2D eigenvalue weighted by atomic mass is 10.1. The lowest BCUT2D eigenvalue weighted by Gasteiger charge is -2.08. The molecular formula is C24H15F3N4O2S. The number of halogens is 3. The predicted octanol–water partition coefficient (Wildman–Crippen LogP) is 5.83. The Bertz CT molecular complexity index is 1410. The van der Waals surface area contributed by atoms with Gasteiger partial charge in [-0.05, 0) is 46.2 Å². The molecule has 1 heterocycles. The largest absolute Gasteiger partial charge is 0.489 e. The van der Waals surface area contributed by atoms with E-state index in [1.807, 2.05) is 36.4 Å². The fourth-order valence-electron chi connectivity index (χ4n) is 3.02. The molecule has 10 heteroatoms. The molecule has 34 heavy (non-hydrogen) atoms. The Morgan fingerprint density at radius 2 is 1.79 bits per heavy atom. The monoisotopic (exact) mass is 480 g/mol. The second kappa shape index (κ2) is 9.72. The fraction of sp³-hybridized carbons (Fsp3) is 0.0833. The van der Waals surface area contributed by atoms with Crippen LogP contribution in [0.2, 0.25) is 0 Å². The van der Waals surface area contributed by atoms with Crippen LogP contribution in [0.3, 0.4) is 0 Å². The number of ether oxygens (including phenoxy) is 1. The Hall–Kier alpha value is -4.23. The molecule has 0 saturated carbocycles. The minimum absolute atomic E-state index is 0.176. The molecule has 0 aliphatic heterocycles. The lowest BCUT2D eigenvalue weighted by Crippen LogP contribution is -2.13. The first-order valence-corrected chi connectivity index (χ1v) is 10.7. The molecule has 0 fully saturated rings. The lowest BCUT2D eigenvalue weighted by molar-refractivity contribution is -0.138. The summed E-state index contributed by atoms with van der Waals surface area (Å²) in [5.41, 5.74) is 1.25. The van der Waals surface area contributed by atoms with Crippen LogP contribution in [0.5, 0.6) is 5.75 Å². The maximum atomic E-state index is 12.6. The zero-order chi connectivity index (χ0) is 24.1. The Morgan fingerprint density at radius 3 is 2.47 bits per heavy atom. The summed E-state index contributed by atoms with van der Waals surface area (Å²) < 4.78 is 43.7. The van der Waals surface area contributed by atoms with Crippen LogP contribution in [-0.4, -0.2) is 16.1 Å². The van der Waals surface area contributed by atoms with E-state index in [1.54, 1.807) is 30.3 Å². The van der Waals surface area contributed by atoms with Gasteiger partial charge in [-0.1, -0.05) is 59.9 Å². The van der Waals surface area contributed by atoms with Crippen LogP contribution >= 0.6 is 11.3 Å². The molecule has 0 aliphatic carbocycles. The van der Waals surface area contributed by atoms with Gasteiger partial charge in [0, 0.05) is 0 Å². The van der Waals surface area contributed by atoms with Crippen molar-refractivity contribution in [2.24, 2.45) is 0 Å². The first-order valence-electron chi connectivity index (χ1n) is 9.86. The van der Waals surface area contributed by atoms with E-state index in [-0.39, 0.29) is 22.0 Å². The molecule has 1 aromatic heterocycles. The van der Waals surface area contributed by atoms with Crippen LogP contribution in [-0.2, 0) is 17.6 Å². The van der Waals surface area contributed by atoms with Gasteiger partial charge in [0.2, 0.25) is 10.1 Å². The molecule has 3 aromatic carbocycles. The highest BCUT2D eigenvalue weighted by molar-refractivity contribution is 7.15. The van der Waals surface area contributed by atoms with Crippen LogP contribution in [0.1, 0.15) is 16.1 Å². The maximum Gasteiger partial charge on any atom is 0.445 e. The summed E-state index contributed by atoms with van der Waals surface area (Å²) in [6, 6.07) is 22.5. The van der Waals surface area contributed by atoms with Crippen molar-refractivity contribution in [1.29, 1.82) is 5.26 Å². The van der Waals surface area contributed by atoms with Gasteiger partial charge in [0.25, 0.3) is 5.91 Å². The Labute approximate surface area is 195 Å². The van der Waals surface area contributed by atoms with E-state index in [2.05, 4.69) is 21.6 Å². The number of nitriles is 1. The third-order valence-corrected chi connectivity index (χ3v) is 5.55. The molecule has 4 aromatic rings. The maximum absolute atomic E-state index is 12.6. The number of carbonyl (C=O) groups excluding carboxylic acids is 1. The quantitative estimate of drug-likeness (QED) is 0.277. The molecule has 0 atom stereocenters. The van der Waals surface area contributed by atoms with Crippen molar-refractivity contribution in [2.75, 3.05) is 5.32 Å². The fourth-order valence-corrected chi connectivity index (χ4v) is 3.63. The summed E-state index contributed by atoms with van der Waals surface area (Å²) in [5, 5.41) is 18.4. The third kappa shape index (κ3) is 5.57. The zero-order valence-electron chi connectivity index (χ0n) is 17.3. The number of hydrogen-bond acceptors (Lipinski definition) is 6. The molecule has 6 nitrogen and oxygen atoms in total. The highest BCUT2D eigenvalue weighted by atomic mass is 32.1. The van der Waals surface area contributed by atoms with E-state index >= 15 is 0 Å². The number of benzene rings is 3. The molecule has 0 bridgehead atoms. The number of nitrogens with zero attached hydrogens (tertiary/aromatic N) is 3. The van der Waals surface area contributed by atoms with Gasteiger partial charge in [-0.2, -0.15) is 18.4 Å². The summed E-state index contributed by atoms with van der Waals surface area (Å²) in [6.45, 7) is 0.369. The van der Waals surface area contributed by atoms with Gasteiger partial charge in [0.1, 0.15) is 24.0 Å². The SMILES string of the molecule is N#CC(=Cc1ccc(OCc2ccc3ccccc3c2)cc1)C(=O)Nc1nnc(C(F)(F)F)s1. The van der Waals surface area contributed by atoms with Gasteiger partial charge in [0.15, 0.2) is 0 Å². The number of alkyl halides is 3. The van der Waals surface area contributed by atoms with Gasteiger partial charge >= 0.3 is 6.18 Å². The van der Waals surface area contributed by atoms with Crippen LogP contribution in [0.4, 0.5) is 18.3 Å². The van der Waals surface area contributed by atoms with Crippen LogP contribution in [0.15, 0.2) is 72.3 Å². The molecule has 0 spiro atoms. The standard InChI is InChI=1S/C24H15F3N4O2S/c25-24(26,27)22-30-31-23(34-22)29-21(32)19(13-28)11-15-6-9-20(10-7-15)33-14-16-5-8-17-3-1-2-4-18(17)12-16/h1-12H,14H2,(H,29,31,32). The Balaban J connectivity index is 1.39. The smallest absolute Gasteiger partial charge is 0.445 e. The van der Waals surface area contributed by atoms with Gasteiger partial charge in [-0.15, -0.1) is 10.2 Å². The summed E-state index contributed by atoms with van der Waals surface area (Å²) in [4.78, 5) is 12.3. The van der Waals surface area contributed by atoms with Crippen LogP contribution in [0, 0.1) is 11.3 Å². The average molecular weight is 480 g/mol. The van der Waals surface area contributed by atoms with Crippen molar-refractivity contribution >= 4 is 39.2 Å². The van der Waals surface area contributed by atoms with Crippen molar-refractivity contribution < 1.29 is 22.7 Å². The van der Waals surface area contributed by atoms with E-state index in [1.165, 1.54) is 6.08 Å². The minimum atomic E-state index is -4.66. The van der Waals surface area contributed by atoms with Gasteiger partial charge in [-0.3, -0.25) is 10.1 Å². The number of nitrogens with one attached hydrogen (secondary N) is 1. The predicted molar refractivity (Wildman–Crippen MR) is 122 cm³/mol. The van der Waals surface area contributed by atoms with E-state index in [0.717, 1.165) is 16.3 Å². The minimum Gasteiger partial charge on any atom is -0.489 e. The topological polar surface area (TPSA) is 87.9 Å². The highest BCUT2D eigenvalue weighted by Gasteiger charge is 2.35. The van der Waals surface area contributed by atoms with Gasteiger partial charge in [0.05, 0.1) is 0 Å². The van der Waals surface area contributed by atoms with E-state index in [4.69, 9.17) is 4.74 Å². The number of anilines is 1. The average Bonchev–Trinajstić information content (AvgIpc) is 3.31. The summed E-state index contributed by atoms with van der Waals surface area (Å²) >= 11 is 0.176. The molecular weight excluding hydrogens is 465 g/mol. The number of rotatable bonds is 6. The van der Waals surface area contributed by atoms with E-state index in [9.17, 15) is 23.2 Å². The normalized spacial score (nSPS) is 11.8. The second-order valence-corrected chi connectivity index (χ2v) is 8.05. The molecule has 0 radical (unpaired) electrons. The van der Waals surface area contributed by atoms with Crippen molar-refractivity contribution in [3.63, 3.8) is 0 Å². The molecule has 0 aliphatic rings. The number of aromatic nitrogens is 2. The van der Waals surface area contributed by atoms with Crippen LogP contribution < -0.4 is 10.1 Å². The highest BCUT2D eigenvalue weighted by Crippen LogP contribution is 2.33. The first-order chi connectivity index (χ1) is 16.3. The van der Waals surface area contributed by atoms with Crippen molar-refractivity contribution in [3.8, 4) is 11.8 Å². The molecule has 0 saturated heterocycles. The van der Waals surface area contributed by atoms with Crippen molar-refractivity contribution in [1.82, 2.24) is 10.2 Å². The van der Waals surface area contributed by atoms with Gasteiger partial charge in [-0.25, -0.2) is 0 Å². The summed E-state index contributed by atoms with van der Waals surface area (Å²) in [5.74, 6) is -0.286. The molecule has 1 N–H and O–H groups in total. The Morgan fingerprint density at radius 1 is 1.06 bits per heavy atom. The summed E-state index contributed by atoms with van der Waals surface area (Å²) in [7, 11) is 0. The van der Waals surface area contributed by atoms with Gasteiger partial charge < -0.3 is 4.74 Å². The second-order valence-electron chi connectivity index (χ2n) is 7.07. The number of amides is 1. The summed E-state index contributed by atoms with van der Waals surface area (Å²) in [6.07, 6.45) is -3.35. The van der Waals surface area contributed by atoms with Crippen LogP contribution in [0.25, 0.3) is 16.8 Å². The molecule has 1 amide bonds. The number of carbonyl (C=O) groups is 1.